The van der Waals surface area contributed by atoms with Gasteiger partial charge in [-0.1, -0.05) is 39.5 Å². The van der Waals surface area contributed by atoms with E-state index in [9.17, 15) is 13.2 Å². The Morgan fingerprint density at radius 2 is 1.53 bits per heavy atom. The molecule has 0 aliphatic carbocycles. The molecule has 2 N–H and O–H groups in total. The Labute approximate surface area is 180 Å². The van der Waals surface area contributed by atoms with Gasteiger partial charge in [0.2, 0.25) is 10.0 Å². The summed E-state index contributed by atoms with van der Waals surface area (Å²) in [5, 5.41) is 2.78. The molecule has 2 aromatic carbocycles. The summed E-state index contributed by atoms with van der Waals surface area (Å²) >= 11 is 0. The Kier molecular flexibility index (Phi) is 9.83. The zero-order valence-electron chi connectivity index (χ0n) is 17.8. The standard InChI is InChI=1S/C23H32N2O4S/c1-3-5-6-7-8-18-29-21-13-9-19(10-14-21)23(26)25-20-11-15-22(16-12-20)30(27,28)24-17-4-2/h9-16,24H,3-8,17-18H2,1-2H3,(H,25,26). The summed E-state index contributed by atoms with van der Waals surface area (Å²) < 4.78 is 32.5. The molecule has 0 unspecified atom stereocenters. The van der Waals surface area contributed by atoms with Crippen molar-refractivity contribution in [1.29, 1.82) is 0 Å². The van der Waals surface area contributed by atoms with E-state index in [1.807, 2.05) is 6.92 Å². The molecule has 1 amide bonds. The van der Waals surface area contributed by atoms with E-state index in [0.717, 1.165) is 18.6 Å². The molecule has 0 radical (unpaired) electrons. The molecule has 30 heavy (non-hydrogen) atoms. The number of anilines is 1. The van der Waals surface area contributed by atoms with Crippen LogP contribution in [0.25, 0.3) is 0 Å². The molecule has 0 bridgehead atoms. The fourth-order valence-corrected chi connectivity index (χ4v) is 3.97. The van der Waals surface area contributed by atoms with Crippen LogP contribution in [0.15, 0.2) is 53.4 Å². The predicted molar refractivity (Wildman–Crippen MR) is 121 cm³/mol. The minimum Gasteiger partial charge on any atom is -0.494 e. The zero-order chi connectivity index (χ0) is 21.8. The van der Waals surface area contributed by atoms with Crippen molar-refractivity contribution in [2.24, 2.45) is 0 Å². The zero-order valence-corrected chi connectivity index (χ0v) is 18.6. The van der Waals surface area contributed by atoms with Gasteiger partial charge in [-0.05, 0) is 61.4 Å². The highest BCUT2D eigenvalue weighted by Crippen LogP contribution is 2.17. The van der Waals surface area contributed by atoms with Gasteiger partial charge < -0.3 is 10.1 Å². The number of benzene rings is 2. The van der Waals surface area contributed by atoms with E-state index in [4.69, 9.17) is 4.74 Å². The number of amides is 1. The third-order valence-corrected chi connectivity index (χ3v) is 6.07. The van der Waals surface area contributed by atoms with Gasteiger partial charge in [0.05, 0.1) is 11.5 Å². The molecule has 0 saturated carbocycles. The molecule has 0 aliphatic heterocycles. The average molecular weight is 433 g/mol. The van der Waals surface area contributed by atoms with Gasteiger partial charge in [-0.3, -0.25) is 4.79 Å². The van der Waals surface area contributed by atoms with Gasteiger partial charge in [-0.25, -0.2) is 13.1 Å². The molecular formula is C23H32N2O4S. The topological polar surface area (TPSA) is 84.5 Å². The summed E-state index contributed by atoms with van der Waals surface area (Å²) in [5.41, 5.74) is 1.04. The third kappa shape index (κ3) is 7.80. The first kappa shape index (κ1) is 23.9. The minimum atomic E-state index is -3.52. The van der Waals surface area contributed by atoms with E-state index in [0.29, 0.717) is 24.4 Å². The largest absolute Gasteiger partial charge is 0.494 e. The number of unbranched alkanes of at least 4 members (excludes halogenated alkanes) is 4. The fourth-order valence-electron chi connectivity index (χ4n) is 2.84. The van der Waals surface area contributed by atoms with Crippen molar-refractivity contribution in [2.75, 3.05) is 18.5 Å². The molecule has 164 valence electrons. The van der Waals surface area contributed by atoms with Crippen LogP contribution in [0.3, 0.4) is 0 Å². The Morgan fingerprint density at radius 1 is 0.867 bits per heavy atom. The van der Waals surface area contributed by atoms with Crippen LogP contribution in [0.1, 0.15) is 62.7 Å². The van der Waals surface area contributed by atoms with E-state index < -0.39 is 10.0 Å². The van der Waals surface area contributed by atoms with Crippen LogP contribution in [0.4, 0.5) is 5.69 Å². The summed E-state index contributed by atoms with van der Waals surface area (Å²) in [6.45, 7) is 5.16. The molecule has 0 saturated heterocycles. The van der Waals surface area contributed by atoms with Crippen molar-refractivity contribution in [3.63, 3.8) is 0 Å². The number of carbonyl (C=O) groups is 1. The number of carbonyl (C=O) groups excluding carboxylic acids is 1. The first-order valence-electron chi connectivity index (χ1n) is 10.6. The molecule has 6 nitrogen and oxygen atoms in total. The predicted octanol–water partition coefficient (Wildman–Crippen LogP) is 4.98. The van der Waals surface area contributed by atoms with Crippen molar-refractivity contribution in [3.05, 3.63) is 54.1 Å². The van der Waals surface area contributed by atoms with E-state index in [1.165, 1.54) is 37.8 Å². The molecule has 0 aromatic heterocycles. The van der Waals surface area contributed by atoms with Crippen LogP contribution >= 0.6 is 0 Å². The van der Waals surface area contributed by atoms with Gasteiger partial charge in [0.15, 0.2) is 0 Å². The molecule has 7 heteroatoms. The second-order valence-corrected chi connectivity index (χ2v) is 8.93. The van der Waals surface area contributed by atoms with Gasteiger partial charge in [-0.15, -0.1) is 0 Å². The first-order chi connectivity index (χ1) is 14.5. The molecule has 0 heterocycles. The number of ether oxygens (including phenoxy) is 1. The lowest BCUT2D eigenvalue weighted by atomic mass is 10.1. The lowest BCUT2D eigenvalue weighted by Gasteiger charge is -2.09. The Hall–Kier alpha value is -2.38. The van der Waals surface area contributed by atoms with Crippen LogP contribution in [0, 0.1) is 0 Å². The maximum atomic E-state index is 12.4. The van der Waals surface area contributed by atoms with Crippen molar-refractivity contribution in [2.45, 2.75) is 57.3 Å². The number of nitrogens with one attached hydrogen (secondary N) is 2. The number of sulfonamides is 1. The quantitative estimate of drug-likeness (QED) is 0.437. The highest BCUT2D eigenvalue weighted by molar-refractivity contribution is 7.89. The van der Waals surface area contributed by atoms with E-state index in [2.05, 4.69) is 17.0 Å². The van der Waals surface area contributed by atoms with Crippen LogP contribution in [-0.4, -0.2) is 27.5 Å². The summed E-state index contributed by atoms with van der Waals surface area (Å²) in [6, 6.07) is 13.1. The third-order valence-electron chi connectivity index (χ3n) is 4.60. The molecular weight excluding hydrogens is 400 g/mol. The molecule has 0 aliphatic rings. The summed E-state index contributed by atoms with van der Waals surface area (Å²) in [7, 11) is -3.52. The SMILES string of the molecule is CCCCCCCOc1ccc(C(=O)Nc2ccc(S(=O)(=O)NCCC)cc2)cc1. The van der Waals surface area contributed by atoms with Gasteiger partial charge >= 0.3 is 0 Å². The van der Waals surface area contributed by atoms with E-state index in [-0.39, 0.29) is 10.8 Å². The van der Waals surface area contributed by atoms with Gasteiger partial charge in [0.1, 0.15) is 5.75 Å². The Morgan fingerprint density at radius 3 is 2.17 bits per heavy atom. The molecule has 0 spiro atoms. The highest BCUT2D eigenvalue weighted by atomic mass is 32.2. The van der Waals surface area contributed by atoms with Gasteiger partial charge in [-0.2, -0.15) is 0 Å². The minimum absolute atomic E-state index is 0.171. The summed E-state index contributed by atoms with van der Waals surface area (Å²) in [6.07, 6.45) is 6.64. The van der Waals surface area contributed by atoms with Crippen molar-refractivity contribution >= 4 is 21.6 Å². The van der Waals surface area contributed by atoms with Crippen LogP contribution < -0.4 is 14.8 Å². The molecule has 0 fully saturated rings. The second-order valence-electron chi connectivity index (χ2n) is 7.16. The number of hydrogen-bond donors (Lipinski definition) is 2. The lowest BCUT2D eigenvalue weighted by Crippen LogP contribution is -2.24. The monoisotopic (exact) mass is 432 g/mol. The smallest absolute Gasteiger partial charge is 0.255 e. The number of hydrogen-bond acceptors (Lipinski definition) is 4. The summed E-state index contributed by atoms with van der Waals surface area (Å²) in [4.78, 5) is 12.6. The lowest BCUT2D eigenvalue weighted by molar-refractivity contribution is 0.102. The maximum Gasteiger partial charge on any atom is 0.255 e. The molecule has 0 atom stereocenters. The number of rotatable bonds is 13. The van der Waals surface area contributed by atoms with Crippen molar-refractivity contribution in [1.82, 2.24) is 4.72 Å². The molecule has 2 rings (SSSR count). The van der Waals surface area contributed by atoms with E-state index in [1.54, 1.807) is 36.4 Å². The van der Waals surface area contributed by atoms with Gasteiger partial charge in [0, 0.05) is 17.8 Å². The Balaban J connectivity index is 1.85. The normalized spacial score (nSPS) is 11.3. The average Bonchev–Trinajstić information content (AvgIpc) is 2.75. The fraction of sp³-hybridized carbons (Fsp3) is 0.435. The van der Waals surface area contributed by atoms with Gasteiger partial charge in [0.25, 0.3) is 5.91 Å². The first-order valence-corrected chi connectivity index (χ1v) is 12.1. The Bertz CT molecular complexity index is 878. The van der Waals surface area contributed by atoms with Crippen LogP contribution in [0.5, 0.6) is 5.75 Å². The molecule has 2 aromatic rings. The maximum absolute atomic E-state index is 12.4. The second kappa shape index (κ2) is 12.3. The highest BCUT2D eigenvalue weighted by Gasteiger charge is 2.13. The van der Waals surface area contributed by atoms with Crippen LogP contribution in [-0.2, 0) is 10.0 Å². The van der Waals surface area contributed by atoms with Crippen molar-refractivity contribution < 1.29 is 17.9 Å². The van der Waals surface area contributed by atoms with Crippen molar-refractivity contribution in [3.8, 4) is 5.75 Å². The van der Waals surface area contributed by atoms with Crippen LogP contribution in [0.2, 0.25) is 0 Å². The summed E-state index contributed by atoms with van der Waals surface area (Å²) in [5.74, 6) is 0.483. The van der Waals surface area contributed by atoms with E-state index >= 15 is 0 Å².